The minimum Gasteiger partial charge on any atom is -0.347 e. The van der Waals surface area contributed by atoms with Crippen molar-refractivity contribution in [3.63, 3.8) is 0 Å². The molecule has 1 spiro atoms. The molecule has 1 aromatic carbocycles. The number of carbonyl (C=O) groups is 3. The van der Waals surface area contributed by atoms with Crippen LogP contribution in [0.5, 0.6) is 0 Å². The third-order valence-electron chi connectivity index (χ3n) is 7.24. The number of nitrogens with zero attached hydrogens (tertiary/aromatic N) is 3. The molecule has 4 aliphatic rings. The first-order chi connectivity index (χ1) is 12.9. The Hall–Kier alpha value is -2.41. The van der Waals surface area contributed by atoms with Crippen LogP contribution in [-0.4, -0.2) is 59.4 Å². The van der Waals surface area contributed by atoms with E-state index in [-0.39, 0.29) is 23.8 Å². The van der Waals surface area contributed by atoms with E-state index in [4.69, 9.17) is 5.73 Å². The van der Waals surface area contributed by atoms with Crippen molar-refractivity contribution in [2.75, 3.05) is 19.0 Å². The summed E-state index contributed by atoms with van der Waals surface area (Å²) in [4.78, 5) is 45.0. The first kappa shape index (κ1) is 16.7. The van der Waals surface area contributed by atoms with E-state index in [1.54, 1.807) is 16.8 Å². The van der Waals surface area contributed by atoms with Crippen LogP contribution in [0.15, 0.2) is 24.3 Å². The van der Waals surface area contributed by atoms with E-state index >= 15 is 0 Å². The fraction of sp³-hybridized carbons (Fsp3) is 0.550. The van der Waals surface area contributed by atoms with Crippen LogP contribution in [0.25, 0.3) is 0 Å². The number of amides is 3. The largest absolute Gasteiger partial charge is 0.347 e. The van der Waals surface area contributed by atoms with Crippen molar-refractivity contribution in [1.29, 1.82) is 0 Å². The molecule has 5 rings (SSSR count). The highest BCUT2D eigenvalue weighted by atomic mass is 16.2. The van der Waals surface area contributed by atoms with Crippen LogP contribution in [0.4, 0.5) is 5.69 Å². The maximum Gasteiger partial charge on any atom is 0.265 e. The maximum atomic E-state index is 13.7. The Balaban J connectivity index is 1.79. The van der Waals surface area contributed by atoms with E-state index < -0.39 is 17.1 Å². The van der Waals surface area contributed by atoms with E-state index in [1.807, 2.05) is 24.3 Å². The molecule has 3 fully saturated rings. The van der Waals surface area contributed by atoms with Gasteiger partial charge >= 0.3 is 0 Å². The number of likely N-dealkylation sites (N-methyl/N-ethyl adjacent to an activating group) is 2. The summed E-state index contributed by atoms with van der Waals surface area (Å²) < 4.78 is 0. The van der Waals surface area contributed by atoms with Crippen molar-refractivity contribution in [2.45, 2.75) is 55.3 Å². The smallest absolute Gasteiger partial charge is 0.265 e. The van der Waals surface area contributed by atoms with Crippen LogP contribution < -0.4 is 10.6 Å². The predicted molar refractivity (Wildman–Crippen MR) is 98.7 cm³/mol. The number of para-hydroxylation sites is 1. The van der Waals surface area contributed by atoms with Crippen molar-refractivity contribution >= 4 is 23.4 Å². The number of likely N-dealkylation sites (tertiary alicyclic amines) is 2. The quantitative estimate of drug-likeness (QED) is 0.733. The first-order valence-electron chi connectivity index (χ1n) is 9.65. The lowest BCUT2D eigenvalue weighted by molar-refractivity contribution is -0.147. The fourth-order valence-corrected chi connectivity index (χ4v) is 5.93. The molecule has 3 amide bonds. The number of benzene rings is 1. The maximum absolute atomic E-state index is 13.7. The molecule has 7 nitrogen and oxygen atoms in total. The Bertz CT molecular complexity index is 880. The molecular weight excluding hydrogens is 344 g/mol. The Morgan fingerprint density at radius 3 is 2.37 bits per heavy atom. The Morgan fingerprint density at radius 2 is 1.67 bits per heavy atom. The highest BCUT2D eigenvalue weighted by Crippen LogP contribution is 2.60. The van der Waals surface area contributed by atoms with Gasteiger partial charge in [0.15, 0.2) is 11.1 Å². The second-order valence-corrected chi connectivity index (χ2v) is 8.26. The zero-order valence-corrected chi connectivity index (χ0v) is 15.6. The summed E-state index contributed by atoms with van der Waals surface area (Å²) in [5.74, 6) is -0.993. The molecule has 27 heavy (non-hydrogen) atoms. The van der Waals surface area contributed by atoms with Crippen molar-refractivity contribution in [2.24, 2.45) is 5.73 Å². The van der Waals surface area contributed by atoms with Gasteiger partial charge in [0.25, 0.3) is 11.8 Å². The Kier molecular flexibility index (Phi) is 3.16. The zero-order chi connectivity index (χ0) is 19.1. The molecule has 2 saturated heterocycles. The number of rotatable bonds is 1. The monoisotopic (exact) mass is 368 g/mol. The molecule has 0 unspecified atom stereocenters. The lowest BCUT2D eigenvalue weighted by atomic mass is 9.71. The van der Waals surface area contributed by atoms with Crippen molar-refractivity contribution < 1.29 is 14.4 Å². The van der Waals surface area contributed by atoms with Crippen molar-refractivity contribution in [1.82, 2.24) is 9.80 Å². The molecule has 1 aliphatic carbocycles. The summed E-state index contributed by atoms with van der Waals surface area (Å²) in [5.41, 5.74) is 5.31. The number of carbonyl (C=O) groups excluding carboxylic acids is 3. The molecule has 0 aromatic heterocycles. The molecule has 3 heterocycles. The topological polar surface area (TPSA) is 86.9 Å². The fourth-order valence-electron chi connectivity index (χ4n) is 5.93. The second kappa shape index (κ2) is 5.10. The number of nitrogens with two attached hydrogens (primary N) is 1. The molecule has 0 radical (unpaired) electrons. The molecule has 3 aliphatic heterocycles. The number of fused-ring (bicyclic) bond motifs is 1. The van der Waals surface area contributed by atoms with Gasteiger partial charge in [-0.1, -0.05) is 37.5 Å². The minimum absolute atomic E-state index is 0.0389. The summed E-state index contributed by atoms with van der Waals surface area (Å²) in [6.45, 7) is 0. The van der Waals surface area contributed by atoms with Crippen LogP contribution in [0.2, 0.25) is 0 Å². The van der Waals surface area contributed by atoms with E-state index in [0.717, 1.165) is 37.8 Å². The number of imide groups is 1. The highest BCUT2D eigenvalue weighted by Gasteiger charge is 2.83. The van der Waals surface area contributed by atoms with Gasteiger partial charge in [0.1, 0.15) is 6.04 Å². The predicted octanol–water partition coefficient (Wildman–Crippen LogP) is 0.571. The van der Waals surface area contributed by atoms with Crippen molar-refractivity contribution in [3.05, 3.63) is 29.8 Å². The van der Waals surface area contributed by atoms with Crippen LogP contribution in [-0.2, 0) is 19.8 Å². The molecule has 142 valence electrons. The molecule has 0 bridgehead atoms. The third kappa shape index (κ3) is 1.57. The average Bonchev–Trinajstić information content (AvgIpc) is 3.12. The number of hydrogen-bond donors (Lipinski definition) is 1. The molecule has 2 N–H and O–H groups in total. The molecular formula is C20H24N4O3. The van der Waals surface area contributed by atoms with Crippen LogP contribution in [0.1, 0.15) is 37.7 Å². The standard InChI is InChI=1S/C20H24N4O3/c1-22-16(25)15-19(17(22)26)13-10-6-7-11-14(13)23(2)20(19,21)18(27)24(15)12-8-4-3-5-9-12/h6-7,10-12,15H,3-5,8-9,21H2,1-2H3/t15-,19+,20-/m0/s1. The lowest BCUT2D eigenvalue weighted by Gasteiger charge is -2.37. The lowest BCUT2D eigenvalue weighted by Crippen LogP contribution is -2.69. The summed E-state index contributed by atoms with van der Waals surface area (Å²) in [6, 6.07) is 6.51. The Morgan fingerprint density at radius 1 is 1.00 bits per heavy atom. The summed E-state index contributed by atoms with van der Waals surface area (Å²) in [5, 5.41) is 0. The molecule has 1 aromatic rings. The van der Waals surface area contributed by atoms with E-state index in [2.05, 4.69) is 0 Å². The average molecular weight is 368 g/mol. The zero-order valence-electron chi connectivity index (χ0n) is 15.6. The van der Waals surface area contributed by atoms with Gasteiger partial charge in [-0.15, -0.1) is 0 Å². The van der Waals surface area contributed by atoms with Gasteiger partial charge < -0.3 is 9.80 Å². The minimum atomic E-state index is -1.57. The van der Waals surface area contributed by atoms with Gasteiger partial charge in [0.05, 0.1) is 0 Å². The van der Waals surface area contributed by atoms with Gasteiger partial charge in [0, 0.05) is 25.8 Å². The van der Waals surface area contributed by atoms with Crippen molar-refractivity contribution in [3.8, 4) is 0 Å². The molecule has 7 heteroatoms. The number of hydrogen-bond acceptors (Lipinski definition) is 5. The van der Waals surface area contributed by atoms with E-state index in [9.17, 15) is 14.4 Å². The van der Waals surface area contributed by atoms with Gasteiger partial charge in [-0.05, 0) is 24.5 Å². The first-order valence-corrected chi connectivity index (χ1v) is 9.65. The normalized spacial score (nSPS) is 35.7. The summed E-state index contributed by atoms with van der Waals surface area (Å²) >= 11 is 0. The Labute approximate surface area is 158 Å². The summed E-state index contributed by atoms with van der Waals surface area (Å²) in [7, 11) is 3.26. The molecule has 3 atom stereocenters. The van der Waals surface area contributed by atoms with Crippen LogP contribution >= 0.6 is 0 Å². The van der Waals surface area contributed by atoms with Crippen LogP contribution in [0, 0.1) is 0 Å². The second-order valence-electron chi connectivity index (χ2n) is 8.26. The van der Waals surface area contributed by atoms with E-state index in [0.29, 0.717) is 5.56 Å². The van der Waals surface area contributed by atoms with Crippen LogP contribution in [0.3, 0.4) is 0 Å². The van der Waals surface area contributed by atoms with Gasteiger partial charge in [-0.3, -0.25) is 25.0 Å². The van der Waals surface area contributed by atoms with Gasteiger partial charge in [-0.25, -0.2) is 0 Å². The van der Waals surface area contributed by atoms with Gasteiger partial charge in [0.2, 0.25) is 5.91 Å². The SMILES string of the molecule is CN1C(=O)[C@@H]2N(C3CCCCC3)C(=O)[C@]3(N)N(C)c4ccccc4[C@]23C1=O. The molecule has 1 saturated carbocycles. The van der Waals surface area contributed by atoms with E-state index in [1.165, 1.54) is 11.9 Å². The van der Waals surface area contributed by atoms with Gasteiger partial charge in [-0.2, -0.15) is 0 Å². The third-order valence-corrected chi connectivity index (χ3v) is 7.24. The summed E-state index contributed by atoms with van der Waals surface area (Å²) in [6.07, 6.45) is 4.89. The highest BCUT2D eigenvalue weighted by molar-refractivity contribution is 6.22. The number of anilines is 1.